The van der Waals surface area contributed by atoms with Gasteiger partial charge in [0.25, 0.3) is 0 Å². The Morgan fingerprint density at radius 2 is 2.06 bits per heavy atom. The molecule has 2 aromatic heterocycles. The van der Waals surface area contributed by atoms with E-state index < -0.39 is 5.97 Å². The number of hydrogen-bond acceptors (Lipinski definition) is 4. The molecule has 0 aliphatic heterocycles. The minimum absolute atomic E-state index is 0.175. The SMILES string of the molecule is O=C(O)c1cc(-c2ccnc3ccccc23)no1. The Kier molecular flexibility index (Phi) is 2.30. The molecule has 2 heterocycles. The number of hydrogen-bond donors (Lipinski definition) is 1. The lowest BCUT2D eigenvalue weighted by molar-refractivity contribution is 0.0652. The van der Waals surface area contributed by atoms with Crippen LogP contribution in [0.2, 0.25) is 0 Å². The number of nitrogens with zero attached hydrogens (tertiary/aromatic N) is 2. The Hall–Kier alpha value is -2.69. The third kappa shape index (κ3) is 1.62. The fourth-order valence-electron chi connectivity index (χ4n) is 1.82. The van der Waals surface area contributed by atoms with Crippen molar-refractivity contribution in [1.82, 2.24) is 10.1 Å². The summed E-state index contributed by atoms with van der Waals surface area (Å²) in [6, 6.07) is 10.8. The summed E-state index contributed by atoms with van der Waals surface area (Å²) in [6.07, 6.45) is 1.66. The van der Waals surface area contributed by atoms with Crippen molar-refractivity contribution in [3.05, 3.63) is 48.4 Å². The molecular weight excluding hydrogens is 232 g/mol. The molecule has 0 fully saturated rings. The number of aromatic nitrogens is 2. The van der Waals surface area contributed by atoms with E-state index in [9.17, 15) is 4.79 Å². The zero-order valence-electron chi connectivity index (χ0n) is 9.20. The summed E-state index contributed by atoms with van der Waals surface area (Å²) in [4.78, 5) is 15.0. The van der Waals surface area contributed by atoms with Crippen LogP contribution in [0.3, 0.4) is 0 Å². The van der Waals surface area contributed by atoms with Crippen LogP contribution in [-0.4, -0.2) is 21.2 Å². The summed E-state index contributed by atoms with van der Waals surface area (Å²) in [5.74, 6) is -1.31. The minimum atomic E-state index is -1.13. The molecule has 0 atom stereocenters. The predicted molar refractivity (Wildman–Crippen MR) is 64.2 cm³/mol. The molecule has 0 radical (unpaired) electrons. The first-order valence-corrected chi connectivity index (χ1v) is 5.30. The largest absolute Gasteiger partial charge is 0.475 e. The van der Waals surface area contributed by atoms with Gasteiger partial charge in [-0.25, -0.2) is 4.79 Å². The van der Waals surface area contributed by atoms with Crippen LogP contribution in [0.1, 0.15) is 10.6 Å². The Labute approximate surface area is 102 Å². The third-order valence-corrected chi connectivity index (χ3v) is 2.65. The molecule has 0 amide bonds. The van der Waals surface area contributed by atoms with Gasteiger partial charge < -0.3 is 9.63 Å². The summed E-state index contributed by atoms with van der Waals surface area (Å²) in [5, 5.41) is 13.5. The van der Waals surface area contributed by atoms with Gasteiger partial charge >= 0.3 is 5.97 Å². The summed E-state index contributed by atoms with van der Waals surface area (Å²) in [5.41, 5.74) is 2.12. The van der Waals surface area contributed by atoms with Gasteiger partial charge in [0.05, 0.1) is 5.52 Å². The molecule has 5 heteroatoms. The van der Waals surface area contributed by atoms with Crippen LogP contribution in [0.4, 0.5) is 0 Å². The third-order valence-electron chi connectivity index (χ3n) is 2.65. The van der Waals surface area contributed by atoms with Gasteiger partial charge in [-0.2, -0.15) is 0 Å². The van der Waals surface area contributed by atoms with Crippen molar-refractivity contribution in [1.29, 1.82) is 0 Å². The van der Waals surface area contributed by atoms with Gasteiger partial charge in [0, 0.05) is 23.2 Å². The second kappa shape index (κ2) is 3.96. The smallest absolute Gasteiger partial charge is 0.374 e. The van der Waals surface area contributed by atoms with E-state index in [1.807, 2.05) is 24.3 Å². The second-order valence-electron chi connectivity index (χ2n) is 3.76. The maximum absolute atomic E-state index is 10.8. The van der Waals surface area contributed by atoms with Crippen molar-refractivity contribution in [2.75, 3.05) is 0 Å². The van der Waals surface area contributed by atoms with Crippen molar-refractivity contribution < 1.29 is 14.4 Å². The maximum atomic E-state index is 10.8. The highest BCUT2D eigenvalue weighted by Crippen LogP contribution is 2.26. The molecule has 88 valence electrons. The molecule has 0 bridgehead atoms. The number of carboxylic acids is 1. The quantitative estimate of drug-likeness (QED) is 0.745. The van der Waals surface area contributed by atoms with Gasteiger partial charge in [0.1, 0.15) is 5.69 Å². The summed E-state index contributed by atoms with van der Waals surface area (Å²) < 4.78 is 4.76. The molecule has 1 aromatic carbocycles. The highest BCUT2D eigenvalue weighted by atomic mass is 16.5. The normalized spacial score (nSPS) is 10.7. The average Bonchev–Trinajstić information content (AvgIpc) is 2.87. The Morgan fingerprint density at radius 1 is 1.22 bits per heavy atom. The van der Waals surface area contributed by atoms with Crippen molar-refractivity contribution in [2.45, 2.75) is 0 Å². The Morgan fingerprint density at radius 3 is 2.83 bits per heavy atom. The van der Waals surface area contributed by atoms with Crippen molar-refractivity contribution in [3.8, 4) is 11.3 Å². The zero-order valence-corrected chi connectivity index (χ0v) is 9.20. The molecule has 1 N–H and O–H groups in total. The van der Waals surface area contributed by atoms with Crippen LogP contribution in [0.5, 0.6) is 0 Å². The van der Waals surface area contributed by atoms with Crippen molar-refractivity contribution >= 4 is 16.9 Å². The van der Waals surface area contributed by atoms with Crippen LogP contribution in [0, 0.1) is 0 Å². The molecular formula is C13H8N2O3. The highest BCUT2D eigenvalue weighted by Gasteiger charge is 2.14. The van der Waals surface area contributed by atoms with E-state index >= 15 is 0 Å². The molecule has 0 saturated heterocycles. The monoisotopic (exact) mass is 240 g/mol. The number of carboxylic acid groups (broad SMARTS) is 1. The molecule has 0 spiro atoms. The van der Waals surface area contributed by atoms with E-state index in [0.29, 0.717) is 5.69 Å². The van der Waals surface area contributed by atoms with Gasteiger partial charge in [-0.1, -0.05) is 23.4 Å². The first kappa shape index (κ1) is 10.5. The van der Waals surface area contributed by atoms with Gasteiger partial charge in [-0.15, -0.1) is 0 Å². The summed E-state index contributed by atoms with van der Waals surface area (Å²) in [7, 11) is 0. The predicted octanol–water partition coefficient (Wildman–Crippen LogP) is 2.59. The van der Waals surface area contributed by atoms with Crippen LogP contribution in [-0.2, 0) is 0 Å². The second-order valence-corrected chi connectivity index (χ2v) is 3.76. The number of para-hydroxylation sites is 1. The molecule has 0 aliphatic rings. The standard InChI is InChI=1S/C13H8N2O3/c16-13(17)12-7-11(15-18-12)9-5-6-14-10-4-2-1-3-8(9)10/h1-7H,(H,16,17). The number of rotatable bonds is 2. The summed E-state index contributed by atoms with van der Waals surface area (Å²) >= 11 is 0. The fraction of sp³-hybridized carbons (Fsp3) is 0. The van der Waals surface area contributed by atoms with E-state index in [4.69, 9.17) is 9.63 Å². The van der Waals surface area contributed by atoms with Gasteiger partial charge in [0.2, 0.25) is 5.76 Å². The number of carbonyl (C=O) groups is 1. The van der Waals surface area contributed by atoms with E-state index in [-0.39, 0.29) is 5.76 Å². The van der Waals surface area contributed by atoms with E-state index in [1.54, 1.807) is 12.3 Å². The van der Waals surface area contributed by atoms with Crippen LogP contribution in [0.15, 0.2) is 47.1 Å². The zero-order chi connectivity index (χ0) is 12.5. The van der Waals surface area contributed by atoms with Gasteiger partial charge in [0.15, 0.2) is 0 Å². The molecule has 18 heavy (non-hydrogen) atoms. The topological polar surface area (TPSA) is 76.2 Å². The molecule has 0 aliphatic carbocycles. The minimum Gasteiger partial charge on any atom is -0.475 e. The molecule has 3 aromatic rings. The van der Waals surface area contributed by atoms with E-state index in [1.165, 1.54) is 6.07 Å². The molecule has 5 nitrogen and oxygen atoms in total. The number of pyridine rings is 1. The molecule has 3 rings (SSSR count). The number of aromatic carboxylic acids is 1. The van der Waals surface area contributed by atoms with Crippen LogP contribution < -0.4 is 0 Å². The number of benzene rings is 1. The lowest BCUT2D eigenvalue weighted by Gasteiger charge is -2.01. The summed E-state index contributed by atoms with van der Waals surface area (Å²) in [6.45, 7) is 0. The van der Waals surface area contributed by atoms with Crippen molar-refractivity contribution in [2.24, 2.45) is 0 Å². The Balaban J connectivity index is 2.21. The molecule has 0 saturated carbocycles. The molecule has 0 unspecified atom stereocenters. The maximum Gasteiger partial charge on any atom is 0.374 e. The first-order chi connectivity index (χ1) is 8.75. The van der Waals surface area contributed by atoms with Crippen LogP contribution in [0.25, 0.3) is 22.2 Å². The fourth-order valence-corrected chi connectivity index (χ4v) is 1.82. The lowest BCUT2D eigenvalue weighted by Crippen LogP contribution is -1.91. The van der Waals surface area contributed by atoms with E-state index in [2.05, 4.69) is 10.1 Å². The van der Waals surface area contributed by atoms with Crippen molar-refractivity contribution in [3.63, 3.8) is 0 Å². The first-order valence-electron chi connectivity index (χ1n) is 5.30. The van der Waals surface area contributed by atoms with Crippen LogP contribution >= 0.6 is 0 Å². The highest BCUT2D eigenvalue weighted by molar-refractivity contribution is 5.94. The van der Waals surface area contributed by atoms with E-state index in [0.717, 1.165) is 16.5 Å². The number of fused-ring (bicyclic) bond motifs is 1. The average molecular weight is 240 g/mol. The van der Waals surface area contributed by atoms with Gasteiger partial charge in [-0.05, 0) is 12.1 Å². The van der Waals surface area contributed by atoms with Gasteiger partial charge in [-0.3, -0.25) is 4.98 Å². The Bertz CT molecular complexity index is 728. The lowest BCUT2D eigenvalue weighted by atomic mass is 10.1.